The minimum Gasteiger partial charge on any atom is -0.478 e. The maximum atomic E-state index is 14.0. The molecule has 1 aromatic heterocycles. The molecule has 0 aliphatic carbocycles. The number of rotatable bonds is 4. The number of nitrogens with zero attached hydrogens (tertiary/aromatic N) is 1. The Labute approximate surface area is 174 Å². The highest BCUT2D eigenvalue weighted by molar-refractivity contribution is 6.41. The molecule has 0 bridgehead atoms. The van der Waals surface area contributed by atoms with Crippen LogP contribution in [0.15, 0.2) is 66.9 Å². The van der Waals surface area contributed by atoms with Crippen LogP contribution in [0, 0.1) is 5.82 Å². The lowest BCUT2D eigenvalue weighted by Gasteiger charge is -2.06. The van der Waals surface area contributed by atoms with E-state index < -0.39 is 17.6 Å². The third kappa shape index (κ3) is 3.39. The molecule has 0 unspecified atom stereocenters. The Morgan fingerprint density at radius 2 is 1.59 bits per heavy atom. The van der Waals surface area contributed by atoms with E-state index in [1.165, 1.54) is 24.3 Å². The Morgan fingerprint density at radius 1 is 0.931 bits per heavy atom. The molecule has 0 amide bonds. The summed E-state index contributed by atoms with van der Waals surface area (Å²) in [6.07, 6.45) is 1.57. The molecule has 4 aromatic rings. The molecular formula is C22H12Cl2FNO3. The number of carbonyl (C=O) groups excluding carboxylic acids is 1. The van der Waals surface area contributed by atoms with Crippen LogP contribution in [0.25, 0.3) is 16.6 Å². The van der Waals surface area contributed by atoms with Gasteiger partial charge in [0.05, 0.1) is 26.7 Å². The molecule has 0 saturated carbocycles. The van der Waals surface area contributed by atoms with E-state index in [1.807, 2.05) is 0 Å². The molecule has 0 aliphatic heterocycles. The lowest BCUT2D eigenvalue weighted by atomic mass is 10.0. The van der Waals surface area contributed by atoms with Crippen molar-refractivity contribution in [1.29, 1.82) is 0 Å². The topological polar surface area (TPSA) is 59.3 Å². The standard InChI is InChI=1S/C22H12Cl2FNO3/c23-17-2-1-3-18(24)20(17)21(27)16-11-26(19-9-6-13(25)10-15(16)19)14-7-4-12(5-8-14)22(28)29/h1-11H,(H,28,29). The minimum atomic E-state index is -1.04. The predicted octanol–water partition coefficient (Wildman–Crippen LogP) is 6.01. The van der Waals surface area contributed by atoms with Crippen molar-refractivity contribution in [1.82, 2.24) is 4.57 Å². The van der Waals surface area contributed by atoms with Crippen LogP contribution in [0.2, 0.25) is 10.0 Å². The third-order valence-corrected chi connectivity index (χ3v) is 5.22. The Kier molecular flexibility index (Phi) is 4.86. The zero-order valence-electron chi connectivity index (χ0n) is 14.7. The van der Waals surface area contributed by atoms with Gasteiger partial charge in [0, 0.05) is 22.8 Å². The Balaban J connectivity index is 1.93. The lowest BCUT2D eigenvalue weighted by Crippen LogP contribution is -2.03. The summed E-state index contributed by atoms with van der Waals surface area (Å²) >= 11 is 12.4. The largest absolute Gasteiger partial charge is 0.478 e. The van der Waals surface area contributed by atoms with Gasteiger partial charge in [-0.15, -0.1) is 0 Å². The van der Waals surface area contributed by atoms with E-state index in [0.29, 0.717) is 16.6 Å². The molecule has 0 fully saturated rings. The van der Waals surface area contributed by atoms with Crippen LogP contribution < -0.4 is 0 Å². The van der Waals surface area contributed by atoms with Gasteiger partial charge < -0.3 is 9.67 Å². The lowest BCUT2D eigenvalue weighted by molar-refractivity contribution is 0.0696. The zero-order chi connectivity index (χ0) is 20.7. The van der Waals surface area contributed by atoms with Gasteiger partial charge in [0.2, 0.25) is 0 Å². The summed E-state index contributed by atoms with van der Waals surface area (Å²) in [6.45, 7) is 0. The number of carbonyl (C=O) groups is 2. The summed E-state index contributed by atoms with van der Waals surface area (Å²) in [5.41, 5.74) is 1.71. The van der Waals surface area contributed by atoms with Gasteiger partial charge in [-0.2, -0.15) is 0 Å². The van der Waals surface area contributed by atoms with Crippen LogP contribution in [-0.2, 0) is 0 Å². The quantitative estimate of drug-likeness (QED) is 0.406. The summed E-state index contributed by atoms with van der Waals surface area (Å²) in [7, 11) is 0. The van der Waals surface area contributed by atoms with Crippen molar-refractivity contribution in [3.63, 3.8) is 0 Å². The maximum Gasteiger partial charge on any atom is 0.335 e. The normalized spacial score (nSPS) is 11.0. The maximum absolute atomic E-state index is 14.0. The Hall–Kier alpha value is -3.15. The van der Waals surface area contributed by atoms with Crippen molar-refractivity contribution in [2.75, 3.05) is 0 Å². The van der Waals surface area contributed by atoms with Crippen molar-refractivity contribution in [2.24, 2.45) is 0 Å². The van der Waals surface area contributed by atoms with E-state index in [9.17, 15) is 14.0 Å². The Bertz CT molecular complexity index is 1260. The van der Waals surface area contributed by atoms with E-state index >= 15 is 0 Å². The SMILES string of the molecule is O=C(O)c1ccc(-n2cc(C(=O)c3c(Cl)cccc3Cl)c3cc(F)ccc32)cc1. The van der Waals surface area contributed by atoms with Crippen LogP contribution >= 0.6 is 23.2 Å². The molecule has 0 spiro atoms. The van der Waals surface area contributed by atoms with Crippen molar-refractivity contribution in [2.45, 2.75) is 0 Å². The molecular weight excluding hydrogens is 416 g/mol. The molecule has 1 heterocycles. The van der Waals surface area contributed by atoms with Crippen LogP contribution in [-0.4, -0.2) is 21.4 Å². The predicted molar refractivity (Wildman–Crippen MR) is 110 cm³/mol. The first-order valence-corrected chi connectivity index (χ1v) is 9.25. The number of carboxylic acids is 1. The first kappa shape index (κ1) is 19.2. The smallest absolute Gasteiger partial charge is 0.335 e. The molecule has 144 valence electrons. The third-order valence-electron chi connectivity index (χ3n) is 4.59. The number of hydrogen-bond acceptors (Lipinski definition) is 2. The van der Waals surface area contributed by atoms with E-state index in [2.05, 4.69) is 0 Å². The zero-order valence-corrected chi connectivity index (χ0v) is 16.2. The highest BCUT2D eigenvalue weighted by atomic mass is 35.5. The van der Waals surface area contributed by atoms with Crippen LogP contribution in [0.1, 0.15) is 26.3 Å². The molecule has 0 aliphatic rings. The van der Waals surface area contributed by atoms with Gasteiger partial charge in [-0.05, 0) is 54.6 Å². The van der Waals surface area contributed by atoms with Gasteiger partial charge in [0.1, 0.15) is 5.82 Å². The van der Waals surface area contributed by atoms with Gasteiger partial charge in [-0.1, -0.05) is 29.3 Å². The van der Waals surface area contributed by atoms with Crippen LogP contribution in [0.4, 0.5) is 4.39 Å². The summed E-state index contributed by atoms with van der Waals surface area (Å²) < 4.78 is 15.6. The number of halogens is 3. The average Bonchev–Trinajstić information content (AvgIpc) is 3.06. The number of aromatic nitrogens is 1. The minimum absolute atomic E-state index is 0.135. The fraction of sp³-hybridized carbons (Fsp3) is 0. The highest BCUT2D eigenvalue weighted by Gasteiger charge is 2.22. The number of aromatic carboxylic acids is 1. The molecule has 29 heavy (non-hydrogen) atoms. The molecule has 1 N–H and O–H groups in total. The van der Waals surface area contributed by atoms with Crippen molar-refractivity contribution in [3.8, 4) is 5.69 Å². The number of carboxylic acid groups (broad SMARTS) is 1. The fourth-order valence-corrected chi connectivity index (χ4v) is 3.78. The number of hydrogen-bond donors (Lipinski definition) is 1. The average molecular weight is 428 g/mol. The summed E-state index contributed by atoms with van der Waals surface area (Å²) in [5.74, 6) is -1.96. The molecule has 0 atom stereocenters. The first-order chi connectivity index (χ1) is 13.9. The second-order valence-electron chi connectivity index (χ2n) is 6.35. The van der Waals surface area contributed by atoms with Gasteiger partial charge in [-0.25, -0.2) is 9.18 Å². The monoisotopic (exact) mass is 427 g/mol. The van der Waals surface area contributed by atoms with Gasteiger partial charge in [0.25, 0.3) is 0 Å². The molecule has 3 aromatic carbocycles. The molecule has 0 radical (unpaired) electrons. The second kappa shape index (κ2) is 7.35. The van der Waals surface area contributed by atoms with E-state index in [-0.39, 0.29) is 26.7 Å². The second-order valence-corrected chi connectivity index (χ2v) is 7.17. The number of benzene rings is 3. The van der Waals surface area contributed by atoms with Gasteiger partial charge in [-0.3, -0.25) is 4.79 Å². The molecule has 7 heteroatoms. The summed E-state index contributed by atoms with van der Waals surface area (Å²) in [5, 5.41) is 9.88. The van der Waals surface area contributed by atoms with Crippen LogP contribution in [0.5, 0.6) is 0 Å². The van der Waals surface area contributed by atoms with Crippen molar-refractivity contribution >= 4 is 45.9 Å². The fourth-order valence-electron chi connectivity index (χ4n) is 3.21. The summed E-state index contributed by atoms with van der Waals surface area (Å²) in [6, 6.07) is 15.0. The van der Waals surface area contributed by atoms with Gasteiger partial charge in [0.15, 0.2) is 5.78 Å². The van der Waals surface area contributed by atoms with Crippen LogP contribution in [0.3, 0.4) is 0 Å². The first-order valence-electron chi connectivity index (χ1n) is 8.50. The van der Waals surface area contributed by atoms with E-state index in [4.69, 9.17) is 28.3 Å². The van der Waals surface area contributed by atoms with E-state index in [1.54, 1.807) is 47.2 Å². The molecule has 4 rings (SSSR count). The highest BCUT2D eigenvalue weighted by Crippen LogP contribution is 2.32. The van der Waals surface area contributed by atoms with Crippen molar-refractivity contribution < 1.29 is 19.1 Å². The Morgan fingerprint density at radius 3 is 2.21 bits per heavy atom. The molecule has 4 nitrogen and oxygen atoms in total. The summed E-state index contributed by atoms with van der Waals surface area (Å²) in [4.78, 5) is 24.3. The van der Waals surface area contributed by atoms with Gasteiger partial charge >= 0.3 is 5.97 Å². The number of fused-ring (bicyclic) bond motifs is 1. The number of ketones is 1. The van der Waals surface area contributed by atoms with E-state index in [0.717, 1.165) is 0 Å². The molecule has 0 saturated heterocycles. The van der Waals surface area contributed by atoms with Crippen molar-refractivity contribution in [3.05, 3.63) is 99.4 Å².